The van der Waals surface area contributed by atoms with Crippen LogP contribution in [0, 0.1) is 6.92 Å². The maximum atomic E-state index is 4.67. The molecule has 1 rings (SSSR count). The Balaban J connectivity index is 2.35. The quantitative estimate of drug-likeness (QED) is 0.417. The molecular formula is C19H34N4. The van der Waals surface area contributed by atoms with Gasteiger partial charge in [-0.25, -0.2) is 4.99 Å². The van der Waals surface area contributed by atoms with Crippen LogP contribution >= 0.6 is 0 Å². The number of hydrogen-bond donors (Lipinski definition) is 2. The van der Waals surface area contributed by atoms with Gasteiger partial charge in [0.05, 0.1) is 6.54 Å². The average molecular weight is 319 g/mol. The van der Waals surface area contributed by atoms with E-state index in [0.29, 0.717) is 12.6 Å². The van der Waals surface area contributed by atoms with Crippen LogP contribution in [0.1, 0.15) is 44.7 Å². The molecule has 0 spiro atoms. The molecule has 1 aromatic rings. The van der Waals surface area contributed by atoms with Crippen molar-refractivity contribution in [2.75, 3.05) is 26.7 Å². The molecule has 1 aromatic carbocycles. The fourth-order valence-corrected chi connectivity index (χ4v) is 2.27. The molecule has 0 saturated heterocycles. The van der Waals surface area contributed by atoms with Gasteiger partial charge < -0.3 is 15.5 Å². The molecule has 0 atom stereocenters. The lowest BCUT2D eigenvalue weighted by Crippen LogP contribution is -2.38. The van der Waals surface area contributed by atoms with Gasteiger partial charge in [-0.2, -0.15) is 0 Å². The average Bonchev–Trinajstić information content (AvgIpc) is 2.51. The topological polar surface area (TPSA) is 39.7 Å². The summed E-state index contributed by atoms with van der Waals surface area (Å²) in [4.78, 5) is 7.06. The first-order chi connectivity index (χ1) is 11.0. The van der Waals surface area contributed by atoms with E-state index >= 15 is 0 Å². The van der Waals surface area contributed by atoms with Gasteiger partial charge in [0.15, 0.2) is 5.96 Å². The van der Waals surface area contributed by atoms with Crippen molar-refractivity contribution in [3.8, 4) is 0 Å². The number of aliphatic imine (C=N–C) groups is 1. The molecule has 0 fully saturated rings. The molecule has 0 aliphatic rings. The summed E-state index contributed by atoms with van der Waals surface area (Å²) in [7, 11) is 2.19. The molecule has 2 N–H and O–H groups in total. The van der Waals surface area contributed by atoms with Crippen molar-refractivity contribution in [3.05, 3.63) is 35.4 Å². The van der Waals surface area contributed by atoms with Crippen LogP contribution in [-0.2, 0) is 6.54 Å². The van der Waals surface area contributed by atoms with E-state index in [2.05, 4.69) is 79.5 Å². The second-order valence-corrected chi connectivity index (χ2v) is 6.39. The number of nitrogens with one attached hydrogen (secondary N) is 2. The van der Waals surface area contributed by atoms with Crippen LogP contribution in [0.5, 0.6) is 0 Å². The minimum atomic E-state index is 0.621. The van der Waals surface area contributed by atoms with Crippen LogP contribution in [0.2, 0.25) is 0 Å². The van der Waals surface area contributed by atoms with E-state index in [1.807, 2.05) is 0 Å². The Morgan fingerprint density at radius 1 is 1.22 bits per heavy atom. The molecule has 0 amide bonds. The highest BCUT2D eigenvalue weighted by Gasteiger charge is 2.02. The molecule has 0 unspecified atom stereocenters. The van der Waals surface area contributed by atoms with Crippen molar-refractivity contribution in [2.24, 2.45) is 4.99 Å². The molecule has 0 aromatic heterocycles. The Labute approximate surface area is 142 Å². The van der Waals surface area contributed by atoms with E-state index in [-0.39, 0.29) is 0 Å². The molecule has 0 saturated carbocycles. The standard InChI is InChI=1S/C19H34N4/c1-6-20-19(21-12-7-8-13-23(5)16(2)3)22-15-18-11-9-10-17(4)14-18/h9-11,14,16H,6-8,12-13,15H2,1-5H3,(H2,20,21,22). The molecule has 0 heterocycles. The number of rotatable bonds is 9. The lowest BCUT2D eigenvalue weighted by Gasteiger charge is -2.20. The van der Waals surface area contributed by atoms with Crippen LogP contribution in [0.15, 0.2) is 29.3 Å². The lowest BCUT2D eigenvalue weighted by atomic mass is 10.1. The Kier molecular flexibility index (Phi) is 9.37. The predicted molar refractivity (Wildman–Crippen MR) is 101 cm³/mol. The number of benzene rings is 1. The molecule has 4 nitrogen and oxygen atoms in total. The highest BCUT2D eigenvalue weighted by molar-refractivity contribution is 5.79. The summed E-state index contributed by atoms with van der Waals surface area (Å²) >= 11 is 0. The van der Waals surface area contributed by atoms with Crippen LogP contribution in [0.25, 0.3) is 0 Å². The van der Waals surface area contributed by atoms with Crippen molar-refractivity contribution >= 4 is 5.96 Å². The Bertz CT molecular complexity index is 468. The number of hydrogen-bond acceptors (Lipinski definition) is 2. The second kappa shape index (κ2) is 11.1. The smallest absolute Gasteiger partial charge is 0.191 e. The van der Waals surface area contributed by atoms with E-state index < -0.39 is 0 Å². The van der Waals surface area contributed by atoms with E-state index in [0.717, 1.165) is 32.0 Å². The van der Waals surface area contributed by atoms with Crippen molar-refractivity contribution in [1.82, 2.24) is 15.5 Å². The van der Waals surface area contributed by atoms with Gasteiger partial charge in [0.25, 0.3) is 0 Å². The zero-order valence-corrected chi connectivity index (χ0v) is 15.5. The van der Waals surface area contributed by atoms with Crippen LogP contribution in [0.4, 0.5) is 0 Å². The van der Waals surface area contributed by atoms with Crippen molar-refractivity contribution in [1.29, 1.82) is 0 Å². The third-order valence-corrected chi connectivity index (χ3v) is 3.96. The zero-order chi connectivity index (χ0) is 17.1. The first kappa shape index (κ1) is 19.5. The van der Waals surface area contributed by atoms with E-state index in [4.69, 9.17) is 0 Å². The molecule has 0 aliphatic carbocycles. The van der Waals surface area contributed by atoms with Gasteiger partial charge in [-0.1, -0.05) is 29.8 Å². The summed E-state index contributed by atoms with van der Waals surface area (Å²) in [5, 5.41) is 6.74. The largest absolute Gasteiger partial charge is 0.357 e. The third kappa shape index (κ3) is 8.60. The number of guanidine groups is 1. The maximum absolute atomic E-state index is 4.67. The summed E-state index contributed by atoms with van der Waals surface area (Å²) < 4.78 is 0. The fourth-order valence-electron chi connectivity index (χ4n) is 2.27. The Hall–Kier alpha value is -1.55. The number of aryl methyl sites for hydroxylation is 1. The summed E-state index contributed by atoms with van der Waals surface area (Å²) in [5.41, 5.74) is 2.53. The Morgan fingerprint density at radius 2 is 2.00 bits per heavy atom. The van der Waals surface area contributed by atoms with Crippen LogP contribution in [-0.4, -0.2) is 43.6 Å². The van der Waals surface area contributed by atoms with Gasteiger partial charge in [0.2, 0.25) is 0 Å². The lowest BCUT2D eigenvalue weighted by molar-refractivity contribution is 0.268. The molecule has 130 valence electrons. The zero-order valence-electron chi connectivity index (χ0n) is 15.5. The van der Waals surface area contributed by atoms with Gasteiger partial charge in [-0.3, -0.25) is 0 Å². The monoisotopic (exact) mass is 318 g/mol. The van der Waals surface area contributed by atoms with Crippen molar-refractivity contribution < 1.29 is 0 Å². The van der Waals surface area contributed by atoms with Crippen molar-refractivity contribution in [2.45, 2.75) is 53.1 Å². The van der Waals surface area contributed by atoms with E-state index in [1.165, 1.54) is 17.5 Å². The van der Waals surface area contributed by atoms with Gasteiger partial charge in [-0.15, -0.1) is 0 Å². The normalized spacial score (nSPS) is 12.0. The summed E-state index contributed by atoms with van der Waals surface area (Å²) in [5.74, 6) is 0.909. The van der Waals surface area contributed by atoms with Gasteiger partial charge in [-0.05, 0) is 59.7 Å². The molecule has 0 aliphatic heterocycles. The third-order valence-electron chi connectivity index (χ3n) is 3.96. The van der Waals surface area contributed by atoms with Gasteiger partial charge in [0, 0.05) is 19.1 Å². The van der Waals surface area contributed by atoms with Crippen LogP contribution < -0.4 is 10.6 Å². The summed E-state index contributed by atoms with van der Waals surface area (Å²) in [6.07, 6.45) is 2.37. The molecular weight excluding hydrogens is 284 g/mol. The summed E-state index contributed by atoms with van der Waals surface area (Å²) in [6.45, 7) is 12.4. The maximum Gasteiger partial charge on any atom is 0.191 e. The second-order valence-electron chi connectivity index (χ2n) is 6.39. The molecule has 0 bridgehead atoms. The van der Waals surface area contributed by atoms with Crippen molar-refractivity contribution in [3.63, 3.8) is 0 Å². The Morgan fingerprint density at radius 3 is 2.65 bits per heavy atom. The first-order valence-electron chi connectivity index (χ1n) is 8.81. The predicted octanol–water partition coefficient (Wildman–Crippen LogP) is 3.17. The van der Waals surface area contributed by atoms with E-state index in [1.54, 1.807) is 0 Å². The SMILES string of the molecule is CCNC(=NCc1cccc(C)c1)NCCCCN(C)C(C)C. The highest BCUT2D eigenvalue weighted by Crippen LogP contribution is 2.05. The minimum absolute atomic E-state index is 0.621. The fraction of sp³-hybridized carbons (Fsp3) is 0.632. The van der Waals surface area contributed by atoms with Crippen LogP contribution in [0.3, 0.4) is 0 Å². The van der Waals surface area contributed by atoms with Gasteiger partial charge >= 0.3 is 0 Å². The minimum Gasteiger partial charge on any atom is -0.357 e. The molecule has 4 heteroatoms. The number of nitrogens with zero attached hydrogens (tertiary/aromatic N) is 2. The number of unbranched alkanes of at least 4 members (excludes halogenated alkanes) is 1. The van der Waals surface area contributed by atoms with Gasteiger partial charge in [0.1, 0.15) is 0 Å². The molecule has 0 radical (unpaired) electrons. The van der Waals surface area contributed by atoms with E-state index in [9.17, 15) is 0 Å². The molecule has 23 heavy (non-hydrogen) atoms. The summed E-state index contributed by atoms with van der Waals surface area (Å²) in [6, 6.07) is 9.14. The highest BCUT2D eigenvalue weighted by atomic mass is 15.2. The first-order valence-corrected chi connectivity index (χ1v) is 8.81.